The largest absolute Gasteiger partial charge is 0.467 e. The first-order valence-electron chi connectivity index (χ1n) is 7.76. The smallest absolute Gasteiger partial charge is 0.328 e. The molecule has 0 radical (unpaired) electrons. The normalized spacial score (nSPS) is 12.9. The third-order valence-corrected chi connectivity index (χ3v) is 4.53. The molecule has 0 spiro atoms. The first kappa shape index (κ1) is 19.1. The van der Waals surface area contributed by atoms with Gasteiger partial charge in [-0.1, -0.05) is 64.5 Å². The van der Waals surface area contributed by atoms with E-state index in [2.05, 4.69) is 21.2 Å². The number of ether oxygens (including phenoxy) is 2. The van der Waals surface area contributed by atoms with Gasteiger partial charge in [-0.3, -0.25) is 4.79 Å². The second-order valence-corrected chi connectivity index (χ2v) is 6.26. The highest BCUT2D eigenvalue weighted by atomic mass is 79.9. The average Bonchev–Trinajstić information content (AvgIpc) is 2.63. The number of methoxy groups -OCH3 is 2. The van der Waals surface area contributed by atoms with E-state index in [1.165, 1.54) is 14.2 Å². The zero-order valence-corrected chi connectivity index (χ0v) is 15.7. The van der Waals surface area contributed by atoms with Crippen molar-refractivity contribution in [2.45, 2.75) is 18.6 Å². The van der Waals surface area contributed by atoms with Crippen LogP contribution in [0.25, 0.3) is 0 Å². The van der Waals surface area contributed by atoms with Crippen LogP contribution in [-0.4, -0.2) is 32.1 Å². The topological polar surface area (TPSA) is 64.6 Å². The van der Waals surface area contributed by atoms with Gasteiger partial charge in [-0.15, -0.1) is 0 Å². The molecule has 0 bridgehead atoms. The lowest BCUT2D eigenvalue weighted by atomic mass is 10.0. The number of carbonyl (C=O) groups is 2. The first-order valence-corrected chi connectivity index (χ1v) is 8.55. The second-order valence-electron chi connectivity index (χ2n) is 5.41. The maximum Gasteiger partial charge on any atom is 0.328 e. The fourth-order valence-corrected chi connectivity index (χ4v) is 2.94. The highest BCUT2D eigenvalue weighted by Gasteiger charge is 2.27. The summed E-state index contributed by atoms with van der Waals surface area (Å²) in [6.07, 6.45) is -0.488. The highest BCUT2D eigenvalue weighted by Crippen LogP contribution is 2.20. The third-order valence-electron chi connectivity index (χ3n) is 3.76. The van der Waals surface area contributed by atoms with Gasteiger partial charge in [0.1, 0.15) is 6.04 Å². The molecule has 0 aliphatic rings. The van der Waals surface area contributed by atoms with Gasteiger partial charge in [-0.2, -0.15) is 0 Å². The summed E-state index contributed by atoms with van der Waals surface area (Å²) in [5, 5.41) is 2.73. The van der Waals surface area contributed by atoms with E-state index in [0.717, 1.165) is 10.0 Å². The van der Waals surface area contributed by atoms with Crippen molar-refractivity contribution in [2.75, 3.05) is 14.2 Å². The molecule has 5 nitrogen and oxygen atoms in total. The molecule has 2 aromatic rings. The molecule has 0 aliphatic heterocycles. The fraction of sp³-hybridized carbons (Fsp3) is 0.263. The van der Waals surface area contributed by atoms with E-state index in [9.17, 15) is 9.59 Å². The van der Waals surface area contributed by atoms with Gasteiger partial charge in [0, 0.05) is 18.0 Å². The summed E-state index contributed by atoms with van der Waals surface area (Å²) >= 11 is 3.45. The van der Waals surface area contributed by atoms with Crippen LogP contribution in [0.4, 0.5) is 0 Å². The standard InChI is InChI=1S/C19H20BrNO4/c1-24-17(13-8-4-3-5-9-13)18(22)21-16(19(23)25-2)12-14-10-6-7-11-15(14)20/h3-11,16-17H,12H2,1-2H3,(H,21,22)/t16-,17+/m0/s1. The average molecular weight is 406 g/mol. The van der Waals surface area contributed by atoms with Crippen LogP contribution in [0.3, 0.4) is 0 Å². The Morgan fingerprint density at radius 3 is 2.28 bits per heavy atom. The Morgan fingerprint density at radius 1 is 1.04 bits per heavy atom. The fourth-order valence-electron chi connectivity index (χ4n) is 2.49. The minimum Gasteiger partial charge on any atom is -0.467 e. The predicted octanol–water partition coefficient (Wildman–Crippen LogP) is 3.04. The van der Waals surface area contributed by atoms with E-state index >= 15 is 0 Å². The van der Waals surface area contributed by atoms with Crippen molar-refractivity contribution in [3.63, 3.8) is 0 Å². The van der Waals surface area contributed by atoms with E-state index in [0.29, 0.717) is 12.0 Å². The van der Waals surface area contributed by atoms with Crippen molar-refractivity contribution in [1.82, 2.24) is 5.32 Å². The molecule has 2 aromatic carbocycles. The van der Waals surface area contributed by atoms with Gasteiger partial charge in [-0.05, 0) is 17.2 Å². The molecule has 0 aliphatic carbocycles. The van der Waals surface area contributed by atoms with E-state index in [-0.39, 0.29) is 0 Å². The second kappa shape index (κ2) is 9.34. The number of benzene rings is 2. The van der Waals surface area contributed by atoms with Crippen molar-refractivity contribution in [1.29, 1.82) is 0 Å². The van der Waals surface area contributed by atoms with Crippen molar-refractivity contribution in [3.05, 3.63) is 70.2 Å². The molecular formula is C19H20BrNO4. The van der Waals surface area contributed by atoms with Crippen LogP contribution in [0.5, 0.6) is 0 Å². The van der Waals surface area contributed by atoms with Gasteiger partial charge < -0.3 is 14.8 Å². The molecule has 0 saturated carbocycles. The molecule has 2 atom stereocenters. The molecule has 0 saturated heterocycles. The molecule has 0 fully saturated rings. The summed E-state index contributed by atoms with van der Waals surface area (Å²) < 4.78 is 11.0. The monoisotopic (exact) mass is 405 g/mol. The number of hydrogen-bond acceptors (Lipinski definition) is 4. The molecule has 1 amide bonds. The summed E-state index contributed by atoms with van der Waals surface area (Å²) in [6, 6.07) is 15.8. The van der Waals surface area contributed by atoms with Gasteiger partial charge in [0.05, 0.1) is 7.11 Å². The molecule has 0 heterocycles. The molecule has 6 heteroatoms. The molecule has 1 N–H and O–H groups in total. The van der Waals surface area contributed by atoms with Gasteiger partial charge in [0.15, 0.2) is 6.10 Å². The van der Waals surface area contributed by atoms with E-state index < -0.39 is 24.0 Å². The van der Waals surface area contributed by atoms with Crippen molar-refractivity contribution in [2.24, 2.45) is 0 Å². The van der Waals surface area contributed by atoms with Gasteiger partial charge in [0.2, 0.25) is 0 Å². The lowest BCUT2D eigenvalue weighted by Gasteiger charge is -2.21. The molecular weight excluding hydrogens is 386 g/mol. The van der Waals surface area contributed by atoms with Gasteiger partial charge in [0.25, 0.3) is 5.91 Å². The number of hydrogen-bond donors (Lipinski definition) is 1. The molecule has 0 aromatic heterocycles. The minimum absolute atomic E-state index is 0.311. The lowest BCUT2D eigenvalue weighted by molar-refractivity contribution is -0.146. The summed E-state index contributed by atoms with van der Waals surface area (Å²) in [5.41, 5.74) is 1.61. The van der Waals surface area contributed by atoms with Crippen LogP contribution >= 0.6 is 15.9 Å². The Morgan fingerprint density at radius 2 is 1.68 bits per heavy atom. The van der Waals surface area contributed by atoms with Crippen molar-refractivity contribution >= 4 is 27.8 Å². The van der Waals surface area contributed by atoms with Crippen LogP contribution in [0.1, 0.15) is 17.2 Å². The van der Waals surface area contributed by atoms with Crippen molar-refractivity contribution in [3.8, 4) is 0 Å². The summed E-state index contributed by atoms with van der Waals surface area (Å²) in [7, 11) is 2.75. The number of nitrogens with one attached hydrogen (secondary N) is 1. The Kier molecular flexibility index (Phi) is 7.16. The Labute approximate surface area is 155 Å². The first-order chi connectivity index (χ1) is 12.1. The Balaban J connectivity index is 2.17. The van der Waals surface area contributed by atoms with Gasteiger partial charge in [-0.25, -0.2) is 4.79 Å². The van der Waals surface area contributed by atoms with Crippen LogP contribution in [0.2, 0.25) is 0 Å². The Bertz CT molecular complexity index is 720. The summed E-state index contributed by atoms with van der Waals surface area (Å²) in [5.74, 6) is -0.900. The lowest BCUT2D eigenvalue weighted by Crippen LogP contribution is -2.45. The summed E-state index contributed by atoms with van der Waals surface area (Å²) in [6.45, 7) is 0. The number of amides is 1. The molecule has 132 valence electrons. The predicted molar refractivity (Wildman–Crippen MR) is 98.0 cm³/mol. The number of halogens is 1. The maximum absolute atomic E-state index is 12.6. The van der Waals surface area contributed by atoms with Crippen molar-refractivity contribution < 1.29 is 19.1 Å². The number of rotatable bonds is 7. The number of esters is 1. The number of carbonyl (C=O) groups excluding carboxylic acids is 2. The van der Waals surface area contributed by atoms with Gasteiger partial charge >= 0.3 is 5.97 Å². The Hall–Kier alpha value is -2.18. The van der Waals surface area contributed by atoms with E-state index in [4.69, 9.17) is 9.47 Å². The van der Waals surface area contributed by atoms with E-state index in [1.54, 1.807) is 12.1 Å². The zero-order valence-electron chi connectivity index (χ0n) is 14.1. The maximum atomic E-state index is 12.6. The minimum atomic E-state index is -0.808. The SMILES string of the molecule is COC(=O)[C@H](Cc1ccccc1Br)NC(=O)[C@H](OC)c1ccccc1. The highest BCUT2D eigenvalue weighted by molar-refractivity contribution is 9.10. The van der Waals surface area contributed by atoms with Crippen LogP contribution in [-0.2, 0) is 25.5 Å². The van der Waals surface area contributed by atoms with Crippen LogP contribution in [0.15, 0.2) is 59.1 Å². The molecule has 25 heavy (non-hydrogen) atoms. The summed E-state index contributed by atoms with van der Waals surface area (Å²) in [4.78, 5) is 24.7. The third kappa shape index (κ3) is 5.14. The quantitative estimate of drug-likeness (QED) is 0.718. The zero-order chi connectivity index (χ0) is 18.2. The van der Waals surface area contributed by atoms with Crippen LogP contribution < -0.4 is 5.32 Å². The molecule has 0 unspecified atom stereocenters. The molecule has 2 rings (SSSR count). The van der Waals surface area contributed by atoms with E-state index in [1.807, 2.05) is 42.5 Å². The van der Waals surface area contributed by atoms with Crippen LogP contribution in [0, 0.1) is 0 Å².